The molecule has 0 amide bonds. The summed E-state index contributed by atoms with van der Waals surface area (Å²) in [6.07, 6.45) is 25.9. The Hall–Kier alpha value is -8.43. The number of hydrogen-bond donors (Lipinski definition) is 5. The number of carbonyl (C=O) groups excluding carboxylic acids is 6. The zero-order chi connectivity index (χ0) is 85.4. The van der Waals surface area contributed by atoms with Crippen molar-refractivity contribution in [1.29, 1.82) is 0 Å². The molecule has 0 unspecified atom stereocenters. The monoisotopic (exact) mass is 1690 g/mol. The van der Waals surface area contributed by atoms with Crippen LogP contribution in [0.1, 0.15) is 232 Å². The van der Waals surface area contributed by atoms with Gasteiger partial charge in [0.15, 0.2) is 26.3 Å². The maximum absolute atomic E-state index is 12.5. The highest BCUT2D eigenvalue weighted by Gasteiger charge is 2.33. The second-order valence-electron chi connectivity index (χ2n) is 37.2. The van der Waals surface area contributed by atoms with Crippen LogP contribution in [0.25, 0.3) is 33.1 Å². The number of fused-ring (bicyclic) bond motifs is 7. The van der Waals surface area contributed by atoms with Crippen LogP contribution in [0.2, 0.25) is 19.6 Å². The molecule has 7 heterocycles. The number of hydrogen-bond acceptors (Lipinski definition) is 24. The summed E-state index contributed by atoms with van der Waals surface area (Å²) in [5, 5.41) is 22.5. The van der Waals surface area contributed by atoms with Gasteiger partial charge in [0, 0.05) is 78.5 Å². The standard InChI is InChI=1S/C23H30N4O3S.C19H24N4S.C17H20N4S.C11H22OSi.C9H14N2S.C8H14O.2CO2/c1-23(2)9-8-16-20(14-23)31-22(25-16)26-21-24-17-13-15(6-7-18(17)27(21)3)19(29)5-4-11-30-12-10-28;1-5-12-6-7-15-14(10-12)20-17(23(15)4)22-18-21-13-8-9-19(2,3)11-16(13)24-18;1-17(2)9-8-12-14(10-17)22-16(19-12)20-15-18-11-6-4-5-7-13(11)21(15)3;1-11(2)8-6-10(7-9-11)12-13(3,4)5;1-9(2)4-3-6-7(5-9)12-8(10)11-6;1-8(2)5-3-7(9)4-6-8;2*2-1-3/h6-7,13,28H,4-5,8-12,14H2,1-3H3,(H,24,25,26);6-7,10H,5,8-9,11H2,1-4H3,(H,20,21,22);4-7H,8-10H2,1-3H3,(H,18,19,20);6H,7-9H2,1-5H3;3-5H2,1-2H3,(H2,10,11);3-6H2,1-2H3;;. The second-order valence-corrected chi connectivity index (χ2v) is 46.0. The molecule has 6 aliphatic rings. The fraction of sp³-hybridized carbons (Fsp3) is 0.562. The lowest BCUT2D eigenvalue weighted by Crippen LogP contribution is -2.27. The molecule has 0 saturated heterocycles. The van der Waals surface area contributed by atoms with E-state index in [4.69, 9.17) is 64.1 Å². The summed E-state index contributed by atoms with van der Waals surface area (Å²) in [5.74, 6) is 4.22. The molecule has 28 heteroatoms. The summed E-state index contributed by atoms with van der Waals surface area (Å²) >= 11 is 6.93. The average molecular weight is 1690 g/mol. The van der Waals surface area contributed by atoms with Gasteiger partial charge in [0.05, 0.1) is 74.8 Å². The summed E-state index contributed by atoms with van der Waals surface area (Å²) in [6.45, 7) is 37.4. The lowest BCUT2D eigenvalue weighted by Gasteiger charge is -2.31. The molecule has 6 aliphatic carbocycles. The molecule has 0 atom stereocenters. The van der Waals surface area contributed by atoms with Gasteiger partial charge in [-0.05, 0) is 222 Å². The lowest BCUT2D eigenvalue weighted by atomic mass is 9.77. The van der Waals surface area contributed by atoms with Gasteiger partial charge in [-0.15, -0.1) is 45.3 Å². The average Bonchev–Trinajstić information content (AvgIpc) is 1.64. The molecule has 0 spiro atoms. The zero-order valence-corrected chi connectivity index (χ0v) is 76.7. The number of ketones is 2. The van der Waals surface area contributed by atoms with Gasteiger partial charge < -0.3 is 49.7 Å². The predicted molar refractivity (Wildman–Crippen MR) is 476 cm³/mol. The SMILES string of the molecule is CC1(C)CC=C(O[Si](C)(C)C)CC1.CC1(C)CCC(=O)CC1.CC1(C)CCc2nc(N)sc2C1.CCc1ccc2c(c1)nc(Nc1nc3c(s1)CC(C)(C)CC3)n2C.Cn1c(Nc2nc3c(s2)CC(C)(C)CC3)nc2cc(C(=O)CCCOCCO)ccc21.Cn1c(Nc2nc3c(s2)CC(C)(C)CC3)nc2ccccc21.O=C=O.O=C=O. The minimum Gasteiger partial charge on any atom is -0.548 e. The van der Waals surface area contributed by atoms with E-state index in [0.29, 0.717) is 69.9 Å². The predicted octanol–water partition coefficient (Wildman–Crippen LogP) is 20.6. The summed E-state index contributed by atoms with van der Waals surface area (Å²) < 4.78 is 17.4. The van der Waals surface area contributed by atoms with E-state index in [-0.39, 0.29) is 24.7 Å². The van der Waals surface area contributed by atoms with Gasteiger partial charge >= 0.3 is 12.3 Å². The van der Waals surface area contributed by atoms with Crippen molar-refractivity contribution in [2.24, 2.45) is 53.6 Å². The lowest BCUT2D eigenvalue weighted by molar-refractivity contribution is -0.193. The van der Waals surface area contributed by atoms with Crippen molar-refractivity contribution < 1.29 is 43.0 Å². The van der Waals surface area contributed by atoms with Crippen LogP contribution in [0.3, 0.4) is 0 Å². The van der Waals surface area contributed by atoms with Gasteiger partial charge in [-0.25, -0.2) is 34.9 Å². The first kappa shape index (κ1) is 92.4. The highest BCUT2D eigenvalue weighted by atomic mass is 32.1. The summed E-state index contributed by atoms with van der Waals surface area (Å²) in [6, 6.07) is 20.3. The van der Waals surface area contributed by atoms with E-state index in [2.05, 4.69) is 182 Å². The third-order valence-electron chi connectivity index (χ3n) is 22.3. The Kier molecular flexibility index (Phi) is 31.7. The van der Waals surface area contributed by atoms with Crippen LogP contribution in [0.15, 0.2) is 72.5 Å². The van der Waals surface area contributed by atoms with Crippen LogP contribution >= 0.6 is 45.3 Å². The van der Waals surface area contributed by atoms with E-state index in [1.165, 1.54) is 92.1 Å². The van der Waals surface area contributed by atoms with Gasteiger partial charge in [0.25, 0.3) is 0 Å². The van der Waals surface area contributed by atoms with Crippen molar-refractivity contribution in [2.75, 3.05) is 41.5 Å². The zero-order valence-electron chi connectivity index (χ0n) is 72.4. The Labute approximate surface area is 707 Å². The molecule has 6 N–H and O–H groups in total. The molecule has 7 aromatic heterocycles. The number of nitrogen functional groups attached to an aromatic ring is 1. The van der Waals surface area contributed by atoms with E-state index in [1.54, 1.807) is 45.3 Å². The van der Waals surface area contributed by atoms with E-state index in [9.17, 15) is 9.59 Å². The smallest absolute Gasteiger partial charge is 0.373 e. The molecule has 16 rings (SSSR count). The van der Waals surface area contributed by atoms with Gasteiger partial charge in [-0.3, -0.25) is 9.59 Å². The summed E-state index contributed by atoms with van der Waals surface area (Å²) in [7, 11) is 4.70. The number of Topliss-reactive ketones (excluding diaryl/α,β-unsaturated/α-hetero) is 2. The van der Waals surface area contributed by atoms with Crippen LogP contribution in [0.4, 0.5) is 38.4 Å². The number of benzene rings is 3. The number of rotatable bonds is 16. The Bertz CT molecular complexity index is 5120. The minimum atomic E-state index is -1.36. The highest BCUT2D eigenvalue weighted by Crippen LogP contribution is 2.44. The Balaban J connectivity index is 0.000000165. The first-order chi connectivity index (χ1) is 55.1. The molecule has 117 heavy (non-hydrogen) atoms. The van der Waals surface area contributed by atoms with Crippen LogP contribution < -0.4 is 21.7 Å². The number of carbonyl (C=O) groups is 2. The van der Waals surface area contributed by atoms with E-state index >= 15 is 0 Å². The maximum atomic E-state index is 12.5. The number of aromatic nitrogens is 10. The largest absolute Gasteiger partial charge is 0.548 e. The van der Waals surface area contributed by atoms with Crippen molar-refractivity contribution in [3.63, 3.8) is 0 Å². The summed E-state index contributed by atoms with van der Waals surface area (Å²) in [4.78, 5) is 94.2. The van der Waals surface area contributed by atoms with Gasteiger partial charge in [0.2, 0.25) is 26.2 Å². The third kappa shape index (κ3) is 27.0. The molecule has 23 nitrogen and oxygen atoms in total. The number of thiazole rings is 4. The number of anilines is 7. The molecular formula is C89H124N14O9S4Si. The first-order valence-electron chi connectivity index (χ1n) is 41.1. The van der Waals surface area contributed by atoms with E-state index in [1.807, 2.05) is 55.1 Å². The molecule has 1 saturated carbocycles. The van der Waals surface area contributed by atoms with Crippen LogP contribution in [-0.4, -0.2) is 106 Å². The number of nitrogens with two attached hydrogens (primary N) is 1. The molecule has 3 aromatic carbocycles. The van der Waals surface area contributed by atoms with Crippen molar-refractivity contribution in [1.82, 2.24) is 48.6 Å². The fourth-order valence-electron chi connectivity index (χ4n) is 15.0. The maximum Gasteiger partial charge on any atom is 0.373 e. The van der Waals surface area contributed by atoms with Crippen molar-refractivity contribution >= 4 is 149 Å². The molecule has 0 radical (unpaired) electrons. The minimum absolute atomic E-state index is 0.00224. The number of aryl methyl sites for hydroxylation is 8. The number of ether oxygens (including phenoxy) is 1. The van der Waals surface area contributed by atoms with Crippen molar-refractivity contribution in [3.8, 4) is 0 Å². The number of nitrogens with one attached hydrogen (secondary N) is 3. The number of nitrogens with zero attached hydrogens (tertiary/aromatic N) is 10. The number of para-hydroxylation sites is 2. The van der Waals surface area contributed by atoms with Gasteiger partial charge in [0.1, 0.15) is 5.78 Å². The first-order valence-corrected chi connectivity index (χ1v) is 47.7. The molecule has 10 aromatic rings. The Morgan fingerprint density at radius 1 is 0.513 bits per heavy atom. The Morgan fingerprint density at radius 3 is 1.33 bits per heavy atom. The normalized spacial score (nSPS) is 17.3. The number of aliphatic hydroxyl groups is 1. The van der Waals surface area contributed by atoms with E-state index in [0.717, 1.165) is 161 Å². The van der Waals surface area contributed by atoms with Crippen LogP contribution in [0, 0.1) is 32.5 Å². The molecule has 1 fully saturated rings. The van der Waals surface area contributed by atoms with Crippen LogP contribution in [-0.2, 0) is 112 Å². The molecule has 0 bridgehead atoms. The number of aliphatic hydroxyl groups excluding tert-OH is 1. The van der Waals surface area contributed by atoms with Gasteiger partial charge in [-0.1, -0.05) is 108 Å². The number of imidazole rings is 3. The van der Waals surface area contributed by atoms with Crippen molar-refractivity contribution in [3.05, 3.63) is 126 Å². The number of allylic oxidation sites excluding steroid dienone is 2. The molecule has 0 aliphatic heterocycles. The fourth-order valence-corrected chi connectivity index (χ4v) is 20.9. The summed E-state index contributed by atoms with van der Waals surface area (Å²) in [5.41, 5.74) is 21.2. The van der Waals surface area contributed by atoms with Crippen LogP contribution in [0.5, 0.6) is 0 Å². The molecule has 632 valence electrons. The second kappa shape index (κ2) is 40.1. The quantitative estimate of drug-likeness (QED) is 0.0341. The third-order valence-corrected chi connectivity index (χ3v) is 27.1. The van der Waals surface area contributed by atoms with E-state index < -0.39 is 8.32 Å². The van der Waals surface area contributed by atoms with Crippen molar-refractivity contribution in [2.45, 2.75) is 251 Å². The Morgan fingerprint density at radius 2 is 0.915 bits per heavy atom. The van der Waals surface area contributed by atoms with Gasteiger partial charge in [-0.2, -0.15) is 19.2 Å². The topological polar surface area (TPSA) is 308 Å². The highest BCUT2D eigenvalue weighted by molar-refractivity contribution is 7.16. The molecular weight excluding hydrogens is 1570 g/mol.